The third-order valence-corrected chi connectivity index (χ3v) is 6.14. The average Bonchev–Trinajstić information content (AvgIpc) is 3.25. The van der Waals surface area contributed by atoms with Crippen molar-refractivity contribution in [3.63, 3.8) is 0 Å². The van der Waals surface area contributed by atoms with Gasteiger partial charge in [0.05, 0.1) is 5.39 Å². The summed E-state index contributed by atoms with van der Waals surface area (Å²) in [6, 6.07) is 13.6. The zero-order chi connectivity index (χ0) is 22.9. The Morgan fingerprint density at radius 1 is 1.03 bits per heavy atom. The highest BCUT2D eigenvalue weighted by Gasteiger charge is 2.24. The maximum Gasteiger partial charge on any atom is 0.221 e. The second kappa shape index (κ2) is 8.71. The molecule has 0 spiro atoms. The molecular formula is C24H24ClN7O. The second-order valence-electron chi connectivity index (χ2n) is 8.16. The van der Waals surface area contributed by atoms with E-state index in [2.05, 4.69) is 48.3 Å². The number of benzene rings is 2. The summed E-state index contributed by atoms with van der Waals surface area (Å²) in [6.07, 6.45) is 1.58. The van der Waals surface area contributed by atoms with Crippen LogP contribution in [0.3, 0.4) is 0 Å². The van der Waals surface area contributed by atoms with Crippen molar-refractivity contribution in [1.29, 1.82) is 0 Å². The van der Waals surface area contributed by atoms with Gasteiger partial charge >= 0.3 is 0 Å². The Morgan fingerprint density at radius 3 is 2.48 bits per heavy atom. The van der Waals surface area contributed by atoms with E-state index in [9.17, 15) is 4.79 Å². The molecule has 1 aliphatic rings. The molecule has 2 N–H and O–H groups in total. The normalized spacial score (nSPS) is 14.0. The van der Waals surface area contributed by atoms with E-state index in [0.29, 0.717) is 5.65 Å². The number of piperazine rings is 1. The first kappa shape index (κ1) is 21.2. The lowest BCUT2D eigenvalue weighted by Gasteiger charge is -2.37. The van der Waals surface area contributed by atoms with E-state index in [0.717, 1.165) is 59.4 Å². The van der Waals surface area contributed by atoms with Gasteiger partial charge in [-0.25, -0.2) is 9.97 Å². The number of fused-ring (bicyclic) bond motifs is 1. The zero-order valence-electron chi connectivity index (χ0n) is 18.5. The van der Waals surface area contributed by atoms with E-state index in [4.69, 9.17) is 11.6 Å². The lowest BCUT2D eigenvalue weighted by molar-refractivity contribution is -0.114. The minimum Gasteiger partial charge on any atom is -0.368 e. The van der Waals surface area contributed by atoms with Gasteiger partial charge in [-0.2, -0.15) is 5.10 Å². The molecule has 0 atom stereocenters. The number of hydrogen-bond donors (Lipinski definition) is 2. The molecular weight excluding hydrogens is 438 g/mol. The number of aromatic nitrogens is 4. The maximum atomic E-state index is 11.3. The van der Waals surface area contributed by atoms with Crippen LogP contribution in [-0.4, -0.2) is 52.3 Å². The SMILES string of the molecule is CC(=O)Nc1ccc(-c2n[nH]c3ncnc(N4CCN(c5cc(Cl)ccc5C)CC4)c23)cc1. The van der Waals surface area contributed by atoms with Crippen LogP contribution < -0.4 is 15.1 Å². The molecule has 0 unspecified atom stereocenters. The van der Waals surface area contributed by atoms with Crippen molar-refractivity contribution < 1.29 is 4.79 Å². The number of aryl methyl sites for hydroxylation is 1. The number of carbonyl (C=O) groups is 1. The molecule has 9 heteroatoms. The fraction of sp³-hybridized carbons (Fsp3) is 0.250. The van der Waals surface area contributed by atoms with Crippen molar-refractivity contribution in [2.45, 2.75) is 13.8 Å². The number of nitrogens with one attached hydrogen (secondary N) is 2. The molecule has 5 rings (SSSR count). The van der Waals surface area contributed by atoms with Gasteiger partial charge in [0.2, 0.25) is 5.91 Å². The molecule has 8 nitrogen and oxygen atoms in total. The van der Waals surface area contributed by atoms with E-state index in [1.54, 1.807) is 6.33 Å². The quantitative estimate of drug-likeness (QED) is 0.471. The molecule has 168 valence electrons. The van der Waals surface area contributed by atoms with Crippen LogP contribution in [0.25, 0.3) is 22.3 Å². The summed E-state index contributed by atoms with van der Waals surface area (Å²) in [4.78, 5) is 25.0. The highest BCUT2D eigenvalue weighted by Crippen LogP contribution is 2.33. The fourth-order valence-corrected chi connectivity index (χ4v) is 4.46. The summed E-state index contributed by atoms with van der Waals surface area (Å²) in [5, 5.41) is 12.0. The topological polar surface area (TPSA) is 90.0 Å². The Bertz CT molecular complexity index is 1310. The lowest BCUT2D eigenvalue weighted by Crippen LogP contribution is -2.47. The zero-order valence-corrected chi connectivity index (χ0v) is 19.2. The first-order valence-corrected chi connectivity index (χ1v) is 11.2. The Hall–Kier alpha value is -3.65. The van der Waals surface area contributed by atoms with Gasteiger partial charge in [-0.05, 0) is 36.8 Å². The standard InChI is InChI=1S/C24H24ClN7O/c1-15-3-6-18(25)13-20(15)31-9-11-32(12-10-31)24-21-22(29-30-23(21)26-14-27-24)17-4-7-19(8-5-17)28-16(2)33/h3-8,13-14H,9-12H2,1-2H3,(H,28,33)(H,26,27,29,30). The summed E-state index contributed by atoms with van der Waals surface area (Å²) >= 11 is 6.24. The van der Waals surface area contributed by atoms with Crippen LogP contribution in [0.15, 0.2) is 48.8 Å². The largest absolute Gasteiger partial charge is 0.368 e. The molecule has 0 saturated carbocycles. The van der Waals surface area contributed by atoms with E-state index < -0.39 is 0 Å². The molecule has 3 heterocycles. The van der Waals surface area contributed by atoms with Crippen LogP contribution in [0.4, 0.5) is 17.2 Å². The highest BCUT2D eigenvalue weighted by molar-refractivity contribution is 6.30. The number of H-pyrrole nitrogens is 1. The molecule has 2 aromatic carbocycles. The van der Waals surface area contributed by atoms with Gasteiger partial charge in [-0.3, -0.25) is 9.89 Å². The predicted molar refractivity (Wildman–Crippen MR) is 132 cm³/mol. The summed E-state index contributed by atoms with van der Waals surface area (Å²) < 4.78 is 0. The Labute approximate surface area is 196 Å². The summed E-state index contributed by atoms with van der Waals surface area (Å²) in [5.41, 5.74) is 5.57. The second-order valence-corrected chi connectivity index (χ2v) is 8.59. The average molecular weight is 462 g/mol. The first-order chi connectivity index (χ1) is 16.0. The molecule has 33 heavy (non-hydrogen) atoms. The molecule has 0 bridgehead atoms. The molecule has 4 aromatic rings. The molecule has 1 amide bonds. The fourth-order valence-electron chi connectivity index (χ4n) is 4.29. The van der Waals surface area contributed by atoms with E-state index >= 15 is 0 Å². The first-order valence-electron chi connectivity index (χ1n) is 10.8. The summed E-state index contributed by atoms with van der Waals surface area (Å²) in [5.74, 6) is 0.771. The molecule has 1 aliphatic heterocycles. The highest BCUT2D eigenvalue weighted by atomic mass is 35.5. The van der Waals surface area contributed by atoms with Crippen LogP contribution >= 0.6 is 11.6 Å². The van der Waals surface area contributed by atoms with Crippen molar-refractivity contribution in [3.8, 4) is 11.3 Å². The third kappa shape index (κ3) is 4.21. The number of halogens is 1. The molecule has 1 fully saturated rings. The lowest BCUT2D eigenvalue weighted by atomic mass is 10.1. The number of aromatic amines is 1. The number of rotatable bonds is 4. The number of anilines is 3. The number of carbonyl (C=O) groups excluding carboxylic acids is 1. The number of hydrogen-bond acceptors (Lipinski definition) is 6. The van der Waals surface area contributed by atoms with Gasteiger partial charge < -0.3 is 15.1 Å². The van der Waals surface area contributed by atoms with Crippen LogP contribution in [-0.2, 0) is 4.79 Å². The maximum absolute atomic E-state index is 11.3. The minimum atomic E-state index is -0.101. The van der Waals surface area contributed by atoms with Gasteiger partial charge in [0, 0.05) is 55.1 Å². The summed E-state index contributed by atoms with van der Waals surface area (Å²) in [6.45, 7) is 6.98. The Balaban J connectivity index is 1.42. The van der Waals surface area contributed by atoms with Gasteiger partial charge in [0.15, 0.2) is 5.65 Å². The van der Waals surface area contributed by atoms with Crippen LogP contribution in [0.5, 0.6) is 0 Å². The summed E-state index contributed by atoms with van der Waals surface area (Å²) in [7, 11) is 0. The minimum absolute atomic E-state index is 0.101. The van der Waals surface area contributed by atoms with Gasteiger partial charge in [-0.15, -0.1) is 0 Å². The molecule has 1 saturated heterocycles. The van der Waals surface area contributed by atoms with Gasteiger partial charge in [0.25, 0.3) is 0 Å². The molecule has 0 radical (unpaired) electrons. The smallest absolute Gasteiger partial charge is 0.221 e. The Morgan fingerprint density at radius 2 is 1.76 bits per heavy atom. The van der Waals surface area contributed by atoms with Crippen molar-refractivity contribution in [2.24, 2.45) is 0 Å². The number of nitrogens with zero attached hydrogens (tertiary/aromatic N) is 5. The van der Waals surface area contributed by atoms with E-state index in [-0.39, 0.29) is 5.91 Å². The van der Waals surface area contributed by atoms with Gasteiger partial charge in [-0.1, -0.05) is 29.8 Å². The Kier molecular flexibility index (Phi) is 5.60. The van der Waals surface area contributed by atoms with Gasteiger partial charge in [0.1, 0.15) is 17.8 Å². The molecule has 2 aromatic heterocycles. The van der Waals surface area contributed by atoms with Crippen molar-refractivity contribution in [3.05, 3.63) is 59.4 Å². The predicted octanol–water partition coefficient (Wildman–Crippen LogP) is 4.27. The van der Waals surface area contributed by atoms with Crippen LogP contribution in [0.2, 0.25) is 5.02 Å². The van der Waals surface area contributed by atoms with Crippen molar-refractivity contribution >= 4 is 45.7 Å². The van der Waals surface area contributed by atoms with Crippen molar-refractivity contribution in [2.75, 3.05) is 41.3 Å². The third-order valence-electron chi connectivity index (χ3n) is 5.91. The van der Waals surface area contributed by atoms with E-state index in [1.165, 1.54) is 18.2 Å². The van der Waals surface area contributed by atoms with Crippen LogP contribution in [0, 0.1) is 6.92 Å². The van der Waals surface area contributed by atoms with Crippen LogP contribution in [0.1, 0.15) is 12.5 Å². The molecule has 0 aliphatic carbocycles. The number of amides is 1. The monoisotopic (exact) mass is 461 g/mol. The van der Waals surface area contributed by atoms with Crippen molar-refractivity contribution in [1.82, 2.24) is 20.2 Å². The van der Waals surface area contributed by atoms with E-state index in [1.807, 2.05) is 36.4 Å².